The zero-order valence-electron chi connectivity index (χ0n) is 13.9. The number of carboxylic acids is 1. The summed E-state index contributed by atoms with van der Waals surface area (Å²) in [6.45, 7) is 0.168. The number of methoxy groups -OCH3 is 2. The van der Waals surface area contributed by atoms with Gasteiger partial charge in [-0.1, -0.05) is 0 Å². The molecule has 0 aliphatic heterocycles. The van der Waals surface area contributed by atoms with Crippen molar-refractivity contribution in [2.75, 3.05) is 19.5 Å². The van der Waals surface area contributed by atoms with Crippen LogP contribution in [0.2, 0.25) is 0 Å². The van der Waals surface area contributed by atoms with Crippen LogP contribution < -0.4 is 25.2 Å². The number of carboxylic acid groups (broad SMARTS) is 1. The van der Waals surface area contributed by atoms with Gasteiger partial charge in [0.15, 0.2) is 0 Å². The maximum Gasteiger partial charge on any atom is 0.226 e. The molecule has 0 saturated heterocycles. The monoisotopic (exact) mass is 347 g/mol. The van der Waals surface area contributed by atoms with Gasteiger partial charge in [-0.3, -0.25) is 4.79 Å². The maximum absolute atomic E-state index is 12.2. The minimum Gasteiger partial charge on any atom is -0.548 e. The van der Waals surface area contributed by atoms with Crippen LogP contribution >= 0.6 is 0 Å². The molecule has 0 fully saturated rings. The number of ether oxygens (including phenoxy) is 2. The summed E-state index contributed by atoms with van der Waals surface area (Å²) in [5.74, 6) is -0.362. The molecule has 2 N–H and O–H groups in total. The van der Waals surface area contributed by atoms with Crippen molar-refractivity contribution in [2.45, 2.75) is 19.0 Å². The van der Waals surface area contributed by atoms with Gasteiger partial charge in [0.25, 0.3) is 0 Å². The van der Waals surface area contributed by atoms with Crippen LogP contribution in [0.3, 0.4) is 0 Å². The van der Waals surface area contributed by atoms with E-state index in [0.717, 1.165) is 0 Å². The lowest BCUT2D eigenvalue weighted by atomic mass is 10.2. The lowest BCUT2D eigenvalue weighted by Crippen LogP contribution is -2.47. The maximum atomic E-state index is 12.2. The second-order valence-corrected chi connectivity index (χ2v) is 5.15. The van der Waals surface area contributed by atoms with Crippen molar-refractivity contribution in [1.82, 2.24) is 5.32 Å². The van der Waals surface area contributed by atoms with Crippen LogP contribution in [0, 0.1) is 0 Å². The number of amides is 1. The molecular formula is C17H19N2O6-. The highest BCUT2D eigenvalue weighted by Crippen LogP contribution is 2.29. The number of carbonyl (C=O) groups is 2. The Hall–Kier alpha value is -3.00. The van der Waals surface area contributed by atoms with Gasteiger partial charge in [-0.2, -0.15) is 0 Å². The number of aliphatic carboxylic acids is 1. The molecule has 8 heteroatoms. The first-order valence-electron chi connectivity index (χ1n) is 7.52. The second-order valence-electron chi connectivity index (χ2n) is 5.15. The summed E-state index contributed by atoms with van der Waals surface area (Å²) in [7, 11) is 2.96. The zero-order valence-corrected chi connectivity index (χ0v) is 13.9. The summed E-state index contributed by atoms with van der Waals surface area (Å²) >= 11 is 0. The first-order chi connectivity index (χ1) is 12.0. The zero-order chi connectivity index (χ0) is 18.2. The van der Waals surface area contributed by atoms with Crippen LogP contribution in [0.1, 0.15) is 12.2 Å². The molecule has 1 unspecified atom stereocenters. The van der Waals surface area contributed by atoms with Gasteiger partial charge in [0, 0.05) is 12.5 Å². The number of anilines is 1. The lowest BCUT2D eigenvalue weighted by molar-refractivity contribution is -0.308. The topological polar surface area (TPSA) is 113 Å². The van der Waals surface area contributed by atoms with Gasteiger partial charge in [0.05, 0.1) is 44.7 Å². The Morgan fingerprint density at radius 2 is 2.04 bits per heavy atom. The molecule has 134 valence electrons. The van der Waals surface area contributed by atoms with Crippen molar-refractivity contribution in [3.8, 4) is 11.5 Å². The molecule has 0 saturated carbocycles. The summed E-state index contributed by atoms with van der Waals surface area (Å²) < 4.78 is 15.4. The van der Waals surface area contributed by atoms with Crippen molar-refractivity contribution in [2.24, 2.45) is 0 Å². The largest absolute Gasteiger partial charge is 0.548 e. The third-order valence-corrected chi connectivity index (χ3v) is 3.46. The molecule has 2 aromatic rings. The number of hydrogen-bond acceptors (Lipinski definition) is 7. The fraction of sp³-hybridized carbons (Fsp3) is 0.294. The second kappa shape index (κ2) is 8.74. The van der Waals surface area contributed by atoms with Crippen LogP contribution in [0.4, 0.5) is 5.69 Å². The number of carbonyl (C=O) groups excluding carboxylic acids is 2. The molecule has 0 aliphatic carbocycles. The minimum absolute atomic E-state index is 0.168. The quantitative estimate of drug-likeness (QED) is 0.680. The van der Waals surface area contributed by atoms with E-state index >= 15 is 0 Å². The minimum atomic E-state index is -1.38. The smallest absolute Gasteiger partial charge is 0.226 e. The van der Waals surface area contributed by atoms with Crippen molar-refractivity contribution in [1.29, 1.82) is 0 Å². The Labute approximate surface area is 144 Å². The van der Waals surface area contributed by atoms with E-state index in [1.54, 1.807) is 30.3 Å². The molecule has 1 atom stereocenters. The Kier molecular flexibility index (Phi) is 6.41. The van der Waals surface area contributed by atoms with Crippen LogP contribution in [0.25, 0.3) is 0 Å². The Morgan fingerprint density at radius 1 is 1.24 bits per heavy atom. The van der Waals surface area contributed by atoms with E-state index in [2.05, 4.69) is 10.6 Å². The number of nitrogens with one attached hydrogen (secondary N) is 2. The molecule has 0 bridgehead atoms. The highest BCUT2D eigenvalue weighted by Gasteiger charge is 2.17. The Morgan fingerprint density at radius 3 is 2.64 bits per heavy atom. The molecule has 1 aromatic carbocycles. The van der Waals surface area contributed by atoms with Gasteiger partial charge in [0.2, 0.25) is 5.91 Å². The molecular weight excluding hydrogens is 328 g/mol. The van der Waals surface area contributed by atoms with Gasteiger partial charge in [-0.15, -0.1) is 0 Å². The van der Waals surface area contributed by atoms with Gasteiger partial charge in [-0.25, -0.2) is 0 Å². The average molecular weight is 347 g/mol. The predicted molar refractivity (Wildman–Crippen MR) is 87.1 cm³/mol. The van der Waals surface area contributed by atoms with E-state index in [0.29, 0.717) is 22.9 Å². The van der Waals surface area contributed by atoms with E-state index in [4.69, 9.17) is 13.9 Å². The molecule has 0 spiro atoms. The highest BCUT2D eigenvalue weighted by molar-refractivity contribution is 5.95. The van der Waals surface area contributed by atoms with Gasteiger partial charge >= 0.3 is 0 Å². The molecule has 0 radical (unpaired) electrons. The van der Waals surface area contributed by atoms with Crippen LogP contribution in [-0.4, -0.2) is 32.1 Å². The summed E-state index contributed by atoms with van der Waals surface area (Å²) in [6.07, 6.45) is 1.16. The number of furan rings is 1. The fourth-order valence-corrected chi connectivity index (χ4v) is 2.17. The SMILES string of the molecule is COc1ccc(OC)c(NC(=O)CC(NCc2ccco2)C(=O)[O-])c1. The molecule has 1 amide bonds. The standard InChI is InChI=1S/C17H20N2O6/c1-23-11-5-6-15(24-2)13(8-11)19-16(20)9-14(17(21)22)18-10-12-4-3-7-25-12/h3-8,14,18H,9-10H2,1-2H3,(H,19,20)(H,21,22)/p-1. The molecule has 1 heterocycles. The summed E-state index contributed by atoms with van der Waals surface area (Å²) in [5.41, 5.74) is 0.384. The van der Waals surface area contributed by atoms with E-state index in [-0.39, 0.29) is 13.0 Å². The van der Waals surface area contributed by atoms with Gasteiger partial charge in [0.1, 0.15) is 17.3 Å². The number of rotatable bonds is 9. The van der Waals surface area contributed by atoms with Crippen LogP contribution in [-0.2, 0) is 16.1 Å². The first kappa shape index (κ1) is 18.3. The van der Waals surface area contributed by atoms with Crippen molar-refractivity contribution >= 4 is 17.6 Å². The Balaban J connectivity index is 2.00. The van der Waals surface area contributed by atoms with E-state index < -0.39 is 17.9 Å². The van der Waals surface area contributed by atoms with Crippen LogP contribution in [0.5, 0.6) is 11.5 Å². The lowest BCUT2D eigenvalue weighted by Gasteiger charge is -2.19. The third-order valence-electron chi connectivity index (χ3n) is 3.46. The van der Waals surface area contributed by atoms with Gasteiger partial charge < -0.3 is 34.4 Å². The summed E-state index contributed by atoms with van der Waals surface area (Å²) in [5, 5.41) is 16.6. The van der Waals surface area contributed by atoms with E-state index in [1.807, 2.05) is 0 Å². The molecule has 1 aromatic heterocycles. The van der Waals surface area contributed by atoms with Gasteiger partial charge in [-0.05, 0) is 24.3 Å². The average Bonchev–Trinajstić information content (AvgIpc) is 3.11. The molecule has 0 aliphatic rings. The van der Waals surface area contributed by atoms with Crippen molar-refractivity contribution in [3.05, 3.63) is 42.4 Å². The summed E-state index contributed by atoms with van der Waals surface area (Å²) in [4.78, 5) is 23.4. The molecule has 2 rings (SSSR count). The third kappa shape index (κ3) is 5.25. The van der Waals surface area contributed by atoms with E-state index in [1.165, 1.54) is 20.5 Å². The van der Waals surface area contributed by atoms with Crippen molar-refractivity contribution < 1.29 is 28.6 Å². The summed E-state index contributed by atoms with van der Waals surface area (Å²) in [6, 6.07) is 7.12. The van der Waals surface area contributed by atoms with E-state index in [9.17, 15) is 14.7 Å². The first-order valence-corrected chi connectivity index (χ1v) is 7.52. The Bertz CT molecular complexity index is 714. The normalized spacial score (nSPS) is 11.6. The van der Waals surface area contributed by atoms with Crippen molar-refractivity contribution in [3.63, 3.8) is 0 Å². The predicted octanol–water partition coefficient (Wildman–Crippen LogP) is 0.534. The van der Waals surface area contributed by atoms with Crippen LogP contribution in [0.15, 0.2) is 41.0 Å². The molecule has 25 heavy (non-hydrogen) atoms. The highest BCUT2D eigenvalue weighted by atomic mass is 16.5. The number of benzene rings is 1. The molecule has 8 nitrogen and oxygen atoms in total. The number of hydrogen-bond donors (Lipinski definition) is 2. The fourth-order valence-electron chi connectivity index (χ4n) is 2.17.